The van der Waals surface area contributed by atoms with E-state index in [1.807, 2.05) is 6.07 Å². The van der Waals surface area contributed by atoms with Gasteiger partial charge < -0.3 is 0 Å². The SMILES string of the molecule is NNC(CC1CCC1)c1cc(Cl)sc1Cl. The Kier molecular flexibility index (Phi) is 3.91. The minimum absolute atomic E-state index is 0.145. The number of rotatable bonds is 4. The maximum atomic E-state index is 6.10. The third-order valence-electron chi connectivity index (χ3n) is 3.05. The van der Waals surface area contributed by atoms with Gasteiger partial charge in [0.1, 0.15) is 0 Å². The van der Waals surface area contributed by atoms with Crippen LogP contribution in [-0.2, 0) is 0 Å². The lowest BCUT2D eigenvalue weighted by molar-refractivity contribution is 0.262. The highest BCUT2D eigenvalue weighted by atomic mass is 35.5. The van der Waals surface area contributed by atoms with E-state index in [0.717, 1.165) is 26.6 Å². The second-order valence-electron chi connectivity index (χ2n) is 4.03. The van der Waals surface area contributed by atoms with Crippen LogP contribution in [0.15, 0.2) is 6.07 Å². The van der Waals surface area contributed by atoms with Crippen molar-refractivity contribution in [3.63, 3.8) is 0 Å². The maximum absolute atomic E-state index is 6.10. The molecule has 1 aliphatic carbocycles. The third-order valence-corrected chi connectivity index (χ3v) is 4.57. The van der Waals surface area contributed by atoms with Crippen molar-refractivity contribution < 1.29 is 0 Å². The molecule has 1 fully saturated rings. The largest absolute Gasteiger partial charge is 0.271 e. The number of nitrogens with one attached hydrogen (secondary N) is 1. The van der Waals surface area contributed by atoms with E-state index in [4.69, 9.17) is 29.0 Å². The first kappa shape index (κ1) is 11.7. The molecule has 3 N–H and O–H groups in total. The van der Waals surface area contributed by atoms with Gasteiger partial charge in [0.25, 0.3) is 0 Å². The lowest BCUT2D eigenvalue weighted by Gasteiger charge is -2.29. The van der Waals surface area contributed by atoms with Crippen LogP contribution >= 0.6 is 34.5 Å². The molecule has 0 radical (unpaired) electrons. The summed E-state index contributed by atoms with van der Waals surface area (Å²) < 4.78 is 1.48. The van der Waals surface area contributed by atoms with Gasteiger partial charge in [-0.1, -0.05) is 42.5 Å². The summed E-state index contributed by atoms with van der Waals surface area (Å²) in [5.74, 6) is 6.36. The second-order valence-corrected chi connectivity index (χ2v) is 6.32. The van der Waals surface area contributed by atoms with Crippen molar-refractivity contribution in [2.45, 2.75) is 31.7 Å². The molecule has 1 aliphatic rings. The normalized spacial score (nSPS) is 18.9. The molecule has 0 aromatic carbocycles. The standard InChI is InChI=1S/C10H14Cl2N2S/c11-9-5-7(10(12)15-9)8(14-13)4-6-2-1-3-6/h5-6,8,14H,1-4,13H2. The van der Waals surface area contributed by atoms with E-state index >= 15 is 0 Å². The first-order valence-corrected chi connectivity index (χ1v) is 6.69. The van der Waals surface area contributed by atoms with Gasteiger partial charge in [0.05, 0.1) is 8.67 Å². The van der Waals surface area contributed by atoms with E-state index in [0.29, 0.717) is 0 Å². The zero-order valence-electron chi connectivity index (χ0n) is 8.30. The van der Waals surface area contributed by atoms with Crippen molar-refractivity contribution in [2.24, 2.45) is 11.8 Å². The Morgan fingerprint density at radius 1 is 1.53 bits per heavy atom. The van der Waals surface area contributed by atoms with Gasteiger partial charge in [-0.05, 0) is 18.4 Å². The predicted octanol–water partition coefficient (Wildman–Crippen LogP) is 3.75. The molecule has 84 valence electrons. The number of thiophene rings is 1. The molecule has 15 heavy (non-hydrogen) atoms. The highest BCUT2D eigenvalue weighted by Gasteiger charge is 2.24. The van der Waals surface area contributed by atoms with Crippen molar-refractivity contribution in [1.29, 1.82) is 0 Å². The van der Waals surface area contributed by atoms with E-state index in [2.05, 4.69) is 5.43 Å². The van der Waals surface area contributed by atoms with Gasteiger partial charge in [-0.2, -0.15) is 0 Å². The lowest BCUT2D eigenvalue weighted by atomic mass is 9.80. The summed E-state index contributed by atoms with van der Waals surface area (Å²) in [6.07, 6.45) is 5.03. The molecule has 0 bridgehead atoms. The van der Waals surface area contributed by atoms with Gasteiger partial charge in [0, 0.05) is 11.6 Å². The molecular weight excluding hydrogens is 251 g/mol. The van der Waals surface area contributed by atoms with E-state index in [9.17, 15) is 0 Å². The van der Waals surface area contributed by atoms with Crippen LogP contribution in [0.5, 0.6) is 0 Å². The quantitative estimate of drug-likeness (QED) is 0.642. The number of hydrazine groups is 1. The number of halogens is 2. The average molecular weight is 265 g/mol. The van der Waals surface area contributed by atoms with Gasteiger partial charge in [0.2, 0.25) is 0 Å². The van der Waals surface area contributed by atoms with Crippen LogP contribution in [0.25, 0.3) is 0 Å². The second kappa shape index (κ2) is 5.02. The van der Waals surface area contributed by atoms with Crippen LogP contribution < -0.4 is 11.3 Å². The van der Waals surface area contributed by atoms with Crippen LogP contribution in [0.4, 0.5) is 0 Å². The highest BCUT2D eigenvalue weighted by molar-refractivity contribution is 7.20. The van der Waals surface area contributed by atoms with E-state index < -0.39 is 0 Å². The maximum Gasteiger partial charge on any atom is 0.0992 e. The smallest absolute Gasteiger partial charge is 0.0992 e. The van der Waals surface area contributed by atoms with Crippen molar-refractivity contribution in [3.05, 3.63) is 20.3 Å². The molecule has 0 amide bonds. The summed E-state index contributed by atoms with van der Waals surface area (Å²) in [6.45, 7) is 0. The van der Waals surface area contributed by atoms with Gasteiger partial charge in [0.15, 0.2) is 0 Å². The van der Waals surface area contributed by atoms with Crippen LogP contribution in [0.1, 0.15) is 37.3 Å². The Labute approximate surface area is 104 Å². The summed E-state index contributed by atoms with van der Waals surface area (Å²) in [7, 11) is 0. The van der Waals surface area contributed by atoms with Gasteiger partial charge >= 0.3 is 0 Å². The monoisotopic (exact) mass is 264 g/mol. The van der Waals surface area contributed by atoms with Gasteiger partial charge in [-0.25, -0.2) is 0 Å². The fourth-order valence-corrected chi connectivity index (χ4v) is 3.52. The van der Waals surface area contributed by atoms with Crippen LogP contribution in [0, 0.1) is 5.92 Å². The fourth-order valence-electron chi connectivity index (χ4n) is 1.94. The van der Waals surface area contributed by atoms with Crippen LogP contribution in [-0.4, -0.2) is 0 Å². The van der Waals surface area contributed by atoms with Gasteiger partial charge in [-0.3, -0.25) is 11.3 Å². The summed E-state index contributed by atoms with van der Waals surface area (Å²) in [4.78, 5) is 0. The first-order chi connectivity index (χ1) is 7.20. The molecule has 5 heteroatoms. The molecule has 1 saturated carbocycles. The Morgan fingerprint density at radius 3 is 2.67 bits per heavy atom. The topological polar surface area (TPSA) is 38.0 Å². The third kappa shape index (κ3) is 2.66. The molecule has 1 unspecified atom stereocenters. The molecular formula is C10H14Cl2N2S. The molecule has 1 atom stereocenters. The molecule has 1 aromatic rings. The predicted molar refractivity (Wildman–Crippen MR) is 66.4 cm³/mol. The Balaban J connectivity index is 2.07. The van der Waals surface area contributed by atoms with E-state index in [1.54, 1.807) is 0 Å². The number of nitrogens with two attached hydrogens (primary N) is 1. The first-order valence-electron chi connectivity index (χ1n) is 5.11. The average Bonchev–Trinajstić information content (AvgIpc) is 2.44. The molecule has 0 spiro atoms. The Morgan fingerprint density at radius 2 is 2.27 bits per heavy atom. The molecule has 0 saturated heterocycles. The van der Waals surface area contributed by atoms with Crippen molar-refractivity contribution in [3.8, 4) is 0 Å². The minimum atomic E-state index is 0.145. The zero-order chi connectivity index (χ0) is 10.8. The lowest BCUT2D eigenvalue weighted by Crippen LogP contribution is -2.31. The van der Waals surface area contributed by atoms with Crippen molar-refractivity contribution in [2.75, 3.05) is 0 Å². The fraction of sp³-hybridized carbons (Fsp3) is 0.600. The number of hydrogen-bond donors (Lipinski definition) is 2. The van der Waals surface area contributed by atoms with Crippen LogP contribution in [0.2, 0.25) is 8.67 Å². The van der Waals surface area contributed by atoms with Crippen molar-refractivity contribution >= 4 is 34.5 Å². The Bertz CT molecular complexity index is 336. The molecule has 2 nitrogen and oxygen atoms in total. The summed E-state index contributed by atoms with van der Waals surface area (Å²) in [5, 5.41) is 0. The number of hydrogen-bond acceptors (Lipinski definition) is 3. The van der Waals surface area contributed by atoms with Crippen LogP contribution in [0.3, 0.4) is 0 Å². The van der Waals surface area contributed by atoms with Crippen molar-refractivity contribution in [1.82, 2.24) is 5.43 Å². The highest BCUT2D eigenvalue weighted by Crippen LogP contribution is 2.40. The molecule has 0 aliphatic heterocycles. The minimum Gasteiger partial charge on any atom is -0.271 e. The van der Waals surface area contributed by atoms with Gasteiger partial charge in [-0.15, -0.1) is 11.3 Å². The Hall–Kier alpha value is 0.200. The summed E-state index contributed by atoms with van der Waals surface area (Å²) >= 11 is 13.4. The molecule has 1 heterocycles. The molecule has 1 aromatic heterocycles. The van der Waals surface area contributed by atoms with E-state index in [-0.39, 0.29) is 6.04 Å². The summed E-state index contributed by atoms with van der Waals surface area (Å²) in [5.41, 5.74) is 3.88. The zero-order valence-corrected chi connectivity index (χ0v) is 10.6. The van der Waals surface area contributed by atoms with E-state index in [1.165, 1.54) is 30.6 Å². The molecule has 2 rings (SSSR count). The summed E-state index contributed by atoms with van der Waals surface area (Å²) in [6, 6.07) is 2.06.